The normalized spacial score (nSPS) is 15.0. The molecule has 4 N–H and O–H groups in total. The van der Waals surface area contributed by atoms with Crippen LogP contribution in [0, 0.1) is 6.92 Å². The van der Waals surface area contributed by atoms with Crippen LogP contribution in [0.5, 0.6) is 11.9 Å². The lowest BCUT2D eigenvalue weighted by atomic mass is 9.96. The number of methoxy groups -OCH3 is 1. The van der Waals surface area contributed by atoms with Crippen molar-refractivity contribution in [3.8, 4) is 23.1 Å². The van der Waals surface area contributed by atoms with Gasteiger partial charge in [0.2, 0.25) is 5.88 Å². The molecular formula is C39H66Cl2F4N6O2. The van der Waals surface area contributed by atoms with Gasteiger partial charge in [0.1, 0.15) is 22.9 Å². The van der Waals surface area contributed by atoms with E-state index in [1.54, 1.807) is 6.92 Å². The number of nitrogens with one attached hydrogen (secondary N) is 2. The van der Waals surface area contributed by atoms with Crippen LogP contribution in [0.15, 0.2) is 6.07 Å². The van der Waals surface area contributed by atoms with E-state index >= 15 is 0 Å². The van der Waals surface area contributed by atoms with Crippen molar-refractivity contribution < 1.29 is 27.0 Å². The molecule has 0 aliphatic carbocycles. The smallest absolute Gasteiger partial charge is 0.417 e. The lowest BCUT2D eigenvalue weighted by Crippen LogP contribution is -2.20. The van der Waals surface area contributed by atoms with Crippen LogP contribution in [0.3, 0.4) is 0 Å². The topological polar surface area (TPSA) is 107 Å². The molecule has 0 spiro atoms. The SMILES string of the molecule is CC.CC.CC.CCC.CCCCC1CC(F)CN1.CCNc1nc(OC)nc2c(Cl)c(-c3c(Cl)c(N)cc(C)c3C(F)(F)F)nc(OC(C)CC)c12. The number of ether oxygens (including phenoxy) is 2. The Morgan fingerprint density at radius 3 is 2.04 bits per heavy atom. The zero-order valence-corrected chi connectivity index (χ0v) is 36.0. The Kier molecular flexibility index (Phi) is 27.3. The molecule has 8 nitrogen and oxygen atoms in total. The van der Waals surface area contributed by atoms with Gasteiger partial charge in [-0.25, -0.2) is 9.37 Å². The summed E-state index contributed by atoms with van der Waals surface area (Å²) in [4.78, 5) is 13.0. The Labute approximate surface area is 326 Å². The van der Waals surface area contributed by atoms with Gasteiger partial charge in [0.25, 0.3) is 0 Å². The summed E-state index contributed by atoms with van der Waals surface area (Å²) in [5.74, 6) is 0.320. The van der Waals surface area contributed by atoms with Crippen molar-refractivity contribution in [1.29, 1.82) is 0 Å². The van der Waals surface area contributed by atoms with E-state index in [-0.39, 0.29) is 50.5 Å². The number of aryl methyl sites for hydroxylation is 1. The lowest BCUT2D eigenvalue weighted by Gasteiger charge is -2.22. The molecule has 4 rings (SSSR count). The lowest BCUT2D eigenvalue weighted by molar-refractivity contribution is -0.137. The molecule has 1 aromatic carbocycles. The second-order valence-electron chi connectivity index (χ2n) is 11.4. The van der Waals surface area contributed by atoms with Crippen LogP contribution in [0.1, 0.15) is 133 Å². The monoisotopic (exact) mass is 796 g/mol. The number of unbranched alkanes of at least 4 members (excludes halogenated alkanes) is 1. The van der Waals surface area contributed by atoms with E-state index in [9.17, 15) is 17.6 Å². The number of hydrogen-bond acceptors (Lipinski definition) is 8. The fourth-order valence-electron chi connectivity index (χ4n) is 4.88. The number of aromatic nitrogens is 3. The maximum absolute atomic E-state index is 14.1. The predicted octanol–water partition coefficient (Wildman–Crippen LogP) is 12.9. The number of alkyl halides is 4. The number of nitrogens with two attached hydrogens (primary N) is 1. The summed E-state index contributed by atoms with van der Waals surface area (Å²) in [5.41, 5.74) is 4.15. The Morgan fingerprint density at radius 1 is 1.00 bits per heavy atom. The maximum Gasteiger partial charge on any atom is 0.417 e. The van der Waals surface area contributed by atoms with E-state index in [2.05, 4.69) is 46.4 Å². The Morgan fingerprint density at radius 2 is 1.58 bits per heavy atom. The minimum atomic E-state index is -4.76. The highest BCUT2D eigenvalue weighted by Gasteiger charge is 2.39. The Bertz CT molecular complexity index is 1460. The third kappa shape index (κ3) is 15.8. The van der Waals surface area contributed by atoms with Gasteiger partial charge in [-0.05, 0) is 51.7 Å². The van der Waals surface area contributed by atoms with Crippen molar-refractivity contribution in [3.05, 3.63) is 27.2 Å². The van der Waals surface area contributed by atoms with E-state index in [4.69, 9.17) is 38.4 Å². The molecule has 53 heavy (non-hydrogen) atoms. The molecule has 3 heterocycles. The number of nitrogen functional groups attached to an aromatic ring is 1. The Balaban J connectivity index is 0. The van der Waals surface area contributed by atoms with Crippen molar-refractivity contribution in [2.45, 2.75) is 153 Å². The first-order valence-corrected chi connectivity index (χ1v) is 19.8. The molecule has 0 bridgehead atoms. The summed E-state index contributed by atoms with van der Waals surface area (Å²) < 4.78 is 66.1. The highest BCUT2D eigenvalue weighted by Crippen LogP contribution is 2.49. The molecule has 3 aromatic rings. The number of hydrogen-bond donors (Lipinski definition) is 3. The molecule has 14 heteroatoms. The van der Waals surface area contributed by atoms with Gasteiger partial charge < -0.3 is 25.8 Å². The van der Waals surface area contributed by atoms with Gasteiger partial charge in [-0.2, -0.15) is 23.1 Å². The highest BCUT2D eigenvalue weighted by atomic mass is 35.5. The number of rotatable bonds is 10. The first-order valence-electron chi connectivity index (χ1n) is 19.1. The van der Waals surface area contributed by atoms with E-state index < -0.39 is 23.5 Å². The van der Waals surface area contributed by atoms with Crippen LogP contribution in [0.2, 0.25) is 10.0 Å². The standard InChI is InChI=1S/C22H24Cl2F3N5O2.C8H16FN.C3H8.3C2H6/c1-6-10(4)34-20-13-18(31-21(33-5)32-19(13)29-7-2)16(24)17(30-20)12-14(22(25,26)27)9(3)8-11(28)15(12)23;1-2-3-4-8-5-7(9)6-10-8;1-3-2;3*1-2/h8,10H,6-7,28H2,1-5H3,(H,29,31,32);7-8,10H,2-6H2,1H3;3H2,1-2H3;3*1-2H3. The van der Waals surface area contributed by atoms with Gasteiger partial charge in [0, 0.05) is 24.7 Å². The molecule has 306 valence electrons. The fraction of sp³-hybridized carbons (Fsp3) is 0.667. The highest BCUT2D eigenvalue weighted by molar-refractivity contribution is 6.40. The second-order valence-corrected chi connectivity index (χ2v) is 12.1. The minimum absolute atomic E-state index is 0.00613. The summed E-state index contributed by atoms with van der Waals surface area (Å²) in [6, 6.07) is 1.59. The Hall–Kier alpha value is -2.83. The van der Waals surface area contributed by atoms with Crippen LogP contribution < -0.4 is 25.8 Å². The molecular weight excluding hydrogens is 731 g/mol. The molecule has 1 saturated heterocycles. The average Bonchev–Trinajstić information content (AvgIpc) is 3.57. The van der Waals surface area contributed by atoms with E-state index in [0.717, 1.165) is 18.9 Å². The first-order chi connectivity index (χ1) is 25.2. The third-order valence-electron chi connectivity index (χ3n) is 7.23. The van der Waals surface area contributed by atoms with Gasteiger partial charge >= 0.3 is 12.2 Å². The number of fused-ring (bicyclic) bond motifs is 1. The summed E-state index contributed by atoms with van der Waals surface area (Å²) >= 11 is 13.0. The molecule has 1 aliphatic rings. The fourth-order valence-corrected chi connectivity index (χ4v) is 5.39. The summed E-state index contributed by atoms with van der Waals surface area (Å²) in [6.07, 6.45) is 0.535. The number of anilines is 2. The molecule has 0 saturated carbocycles. The van der Waals surface area contributed by atoms with Gasteiger partial charge in [-0.15, -0.1) is 0 Å². The van der Waals surface area contributed by atoms with Gasteiger partial charge in [0.15, 0.2) is 0 Å². The molecule has 3 atom stereocenters. The summed E-state index contributed by atoms with van der Waals surface area (Å²) in [6.45, 7) is 26.3. The van der Waals surface area contributed by atoms with E-state index in [0.29, 0.717) is 36.8 Å². The largest absolute Gasteiger partial charge is 0.474 e. The molecule has 1 aliphatic heterocycles. The molecule has 1 fully saturated rings. The van der Waals surface area contributed by atoms with Gasteiger partial charge in [-0.1, -0.05) is 112 Å². The van der Waals surface area contributed by atoms with Crippen LogP contribution in [0.4, 0.5) is 29.1 Å². The van der Waals surface area contributed by atoms with Crippen molar-refractivity contribution in [2.24, 2.45) is 0 Å². The predicted molar refractivity (Wildman–Crippen MR) is 219 cm³/mol. The van der Waals surface area contributed by atoms with Crippen LogP contribution in [-0.2, 0) is 6.18 Å². The number of benzene rings is 1. The average molecular weight is 798 g/mol. The third-order valence-corrected chi connectivity index (χ3v) is 8.00. The number of nitrogens with zero attached hydrogens (tertiary/aromatic N) is 3. The summed E-state index contributed by atoms with van der Waals surface area (Å²) in [7, 11) is 1.36. The number of halogens is 6. The van der Waals surface area contributed by atoms with Crippen LogP contribution in [0.25, 0.3) is 22.2 Å². The van der Waals surface area contributed by atoms with Gasteiger partial charge in [-0.3, -0.25) is 0 Å². The number of pyridine rings is 1. The molecule has 2 aromatic heterocycles. The van der Waals surface area contributed by atoms with Gasteiger partial charge in [0.05, 0.1) is 40.2 Å². The van der Waals surface area contributed by atoms with Crippen LogP contribution in [-0.4, -0.2) is 53.5 Å². The van der Waals surface area contributed by atoms with Crippen molar-refractivity contribution >= 4 is 45.6 Å². The molecule has 0 amide bonds. The van der Waals surface area contributed by atoms with Crippen LogP contribution >= 0.6 is 23.2 Å². The summed E-state index contributed by atoms with van der Waals surface area (Å²) in [5, 5.41) is 6.04. The zero-order valence-electron chi connectivity index (χ0n) is 34.5. The quantitative estimate of drug-likeness (QED) is 0.137. The van der Waals surface area contributed by atoms with E-state index in [1.807, 2.05) is 55.4 Å². The zero-order chi connectivity index (χ0) is 41.5. The molecule has 0 radical (unpaired) electrons. The first kappa shape index (κ1) is 52.3. The second kappa shape index (κ2) is 27.7. The van der Waals surface area contributed by atoms with Crippen molar-refractivity contribution in [2.75, 3.05) is 31.2 Å². The van der Waals surface area contributed by atoms with Crippen molar-refractivity contribution in [1.82, 2.24) is 20.3 Å². The van der Waals surface area contributed by atoms with Crippen molar-refractivity contribution in [3.63, 3.8) is 0 Å². The minimum Gasteiger partial charge on any atom is -0.474 e. The molecule has 3 unspecified atom stereocenters. The van der Waals surface area contributed by atoms with E-state index in [1.165, 1.54) is 33.3 Å². The maximum atomic E-state index is 14.1.